The van der Waals surface area contributed by atoms with E-state index in [1.807, 2.05) is 13.8 Å². The van der Waals surface area contributed by atoms with Crippen molar-refractivity contribution in [3.05, 3.63) is 29.8 Å². The smallest absolute Gasteiger partial charge is 0.254 e. The highest BCUT2D eigenvalue weighted by molar-refractivity contribution is 5.96. The van der Waals surface area contributed by atoms with Crippen molar-refractivity contribution in [1.82, 2.24) is 4.90 Å². The summed E-state index contributed by atoms with van der Waals surface area (Å²) in [5.74, 6) is -0.613. The maximum Gasteiger partial charge on any atom is 0.254 e. The number of nitrogens with zero attached hydrogens (tertiary/aromatic N) is 1. The van der Waals surface area contributed by atoms with Crippen LogP contribution in [0, 0.1) is 5.92 Å². The molecule has 0 atom stereocenters. The normalized spacial score (nSPS) is 10.4. The second-order valence-electron chi connectivity index (χ2n) is 4.60. The van der Waals surface area contributed by atoms with Crippen LogP contribution >= 0.6 is 0 Å². The van der Waals surface area contributed by atoms with Crippen molar-refractivity contribution in [2.75, 3.05) is 13.1 Å². The van der Waals surface area contributed by atoms with Crippen LogP contribution in [0.2, 0.25) is 0 Å². The molecule has 0 unspecified atom stereocenters. The fourth-order valence-electron chi connectivity index (χ4n) is 1.67. The van der Waals surface area contributed by atoms with Crippen molar-refractivity contribution in [1.29, 1.82) is 0 Å². The van der Waals surface area contributed by atoms with Gasteiger partial charge in [-0.05, 0) is 24.1 Å². The van der Waals surface area contributed by atoms with Gasteiger partial charge in [-0.3, -0.25) is 9.59 Å². The van der Waals surface area contributed by atoms with E-state index < -0.39 is 5.91 Å². The standard InChI is InChI=1S/C13H18N2O3/c1-9(2)7-15(8-12(14)17)13(18)10-4-3-5-11(16)6-10/h3-6,9,16H,7-8H2,1-2H3,(H2,14,17). The van der Waals surface area contributed by atoms with Gasteiger partial charge in [0.05, 0.1) is 6.54 Å². The zero-order chi connectivity index (χ0) is 13.7. The topological polar surface area (TPSA) is 83.6 Å². The first-order chi connectivity index (χ1) is 8.40. The molecule has 5 nitrogen and oxygen atoms in total. The van der Waals surface area contributed by atoms with Crippen LogP contribution in [0.3, 0.4) is 0 Å². The van der Waals surface area contributed by atoms with Gasteiger partial charge in [0.1, 0.15) is 5.75 Å². The molecule has 3 N–H and O–H groups in total. The van der Waals surface area contributed by atoms with E-state index in [-0.39, 0.29) is 24.1 Å². The zero-order valence-corrected chi connectivity index (χ0v) is 10.6. The lowest BCUT2D eigenvalue weighted by Crippen LogP contribution is -2.40. The molecule has 5 heteroatoms. The first-order valence-electron chi connectivity index (χ1n) is 5.76. The number of aromatic hydroxyl groups is 1. The van der Waals surface area contributed by atoms with Gasteiger partial charge in [0.15, 0.2) is 0 Å². The van der Waals surface area contributed by atoms with Crippen molar-refractivity contribution >= 4 is 11.8 Å². The molecule has 1 aromatic carbocycles. The van der Waals surface area contributed by atoms with E-state index >= 15 is 0 Å². The van der Waals surface area contributed by atoms with Gasteiger partial charge >= 0.3 is 0 Å². The SMILES string of the molecule is CC(C)CN(CC(N)=O)C(=O)c1cccc(O)c1. The molecular formula is C13H18N2O3. The Balaban J connectivity index is 2.90. The highest BCUT2D eigenvalue weighted by atomic mass is 16.3. The summed E-state index contributed by atoms with van der Waals surface area (Å²) in [6.45, 7) is 4.22. The molecule has 18 heavy (non-hydrogen) atoms. The van der Waals surface area contributed by atoms with Gasteiger partial charge < -0.3 is 15.7 Å². The molecule has 1 aromatic rings. The molecule has 0 radical (unpaired) electrons. The lowest BCUT2D eigenvalue weighted by molar-refractivity contribution is -0.118. The third-order valence-corrected chi connectivity index (χ3v) is 2.31. The molecule has 0 fully saturated rings. The third-order valence-electron chi connectivity index (χ3n) is 2.31. The number of amides is 2. The summed E-state index contributed by atoms with van der Waals surface area (Å²) in [5, 5.41) is 9.35. The number of rotatable bonds is 5. The highest BCUT2D eigenvalue weighted by Crippen LogP contribution is 2.13. The summed E-state index contributed by atoms with van der Waals surface area (Å²) in [5.41, 5.74) is 5.48. The molecule has 0 spiro atoms. The van der Waals surface area contributed by atoms with Gasteiger partial charge in [0, 0.05) is 12.1 Å². The number of benzene rings is 1. The first-order valence-corrected chi connectivity index (χ1v) is 5.76. The lowest BCUT2D eigenvalue weighted by Gasteiger charge is -2.23. The van der Waals surface area contributed by atoms with E-state index in [0.29, 0.717) is 12.1 Å². The number of phenols is 1. The average molecular weight is 250 g/mol. The number of nitrogens with two attached hydrogens (primary N) is 1. The molecule has 0 heterocycles. The van der Waals surface area contributed by atoms with Gasteiger partial charge in [0.25, 0.3) is 5.91 Å². The Morgan fingerprint density at radius 2 is 2.06 bits per heavy atom. The summed E-state index contributed by atoms with van der Waals surface area (Å²) < 4.78 is 0. The summed E-state index contributed by atoms with van der Waals surface area (Å²) in [6.07, 6.45) is 0. The van der Waals surface area contributed by atoms with Crippen LogP contribution in [0.15, 0.2) is 24.3 Å². The summed E-state index contributed by atoms with van der Waals surface area (Å²) in [7, 11) is 0. The van der Waals surface area contributed by atoms with E-state index in [9.17, 15) is 14.7 Å². The molecule has 0 aromatic heterocycles. The average Bonchev–Trinajstić information content (AvgIpc) is 2.26. The molecule has 0 aliphatic heterocycles. The first kappa shape index (κ1) is 14.0. The van der Waals surface area contributed by atoms with Gasteiger partial charge in [0.2, 0.25) is 5.91 Å². The van der Waals surface area contributed by atoms with Crippen molar-refractivity contribution in [3.63, 3.8) is 0 Å². The molecule has 98 valence electrons. The van der Waals surface area contributed by atoms with Crippen LogP contribution in [-0.2, 0) is 4.79 Å². The summed E-state index contributed by atoms with van der Waals surface area (Å²) >= 11 is 0. The molecule has 1 rings (SSSR count). The number of phenolic OH excluding ortho intramolecular Hbond substituents is 1. The van der Waals surface area contributed by atoms with Crippen LogP contribution in [0.25, 0.3) is 0 Å². The Labute approximate surface area is 106 Å². The van der Waals surface area contributed by atoms with Gasteiger partial charge in [-0.1, -0.05) is 19.9 Å². The zero-order valence-electron chi connectivity index (χ0n) is 10.6. The third kappa shape index (κ3) is 4.08. The van der Waals surface area contributed by atoms with Crippen LogP contribution in [0.5, 0.6) is 5.75 Å². The Kier molecular flexibility index (Phi) is 4.71. The second-order valence-corrected chi connectivity index (χ2v) is 4.60. The monoisotopic (exact) mass is 250 g/mol. The minimum atomic E-state index is -0.552. The van der Waals surface area contributed by atoms with Crippen molar-refractivity contribution < 1.29 is 14.7 Å². The van der Waals surface area contributed by atoms with Crippen LogP contribution in [-0.4, -0.2) is 34.9 Å². The van der Waals surface area contributed by atoms with Crippen LogP contribution < -0.4 is 5.73 Å². The Morgan fingerprint density at radius 1 is 1.39 bits per heavy atom. The minimum absolute atomic E-state index is 0.0180. The molecular weight excluding hydrogens is 232 g/mol. The summed E-state index contributed by atoms with van der Waals surface area (Å²) in [6, 6.07) is 6.03. The number of carbonyl (C=O) groups is 2. The van der Waals surface area contributed by atoms with E-state index in [1.165, 1.54) is 17.0 Å². The van der Waals surface area contributed by atoms with Crippen molar-refractivity contribution in [3.8, 4) is 5.75 Å². The van der Waals surface area contributed by atoms with Gasteiger partial charge in [-0.25, -0.2) is 0 Å². The Morgan fingerprint density at radius 3 is 2.56 bits per heavy atom. The maximum absolute atomic E-state index is 12.2. The molecule has 0 saturated heterocycles. The van der Waals surface area contributed by atoms with Gasteiger partial charge in [-0.15, -0.1) is 0 Å². The lowest BCUT2D eigenvalue weighted by atomic mass is 10.1. The van der Waals surface area contributed by atoms with Gasteiger partial charge in [-0.2, -0.15) is 0 Å². The number of hydrogen-bond donors (Lipinski definition) is 2. The molecule has 0 saturated carbocycles. The fraction of sp³-hybridized carbons (Fsp3) is 0.385. The van der Waals surface area contributed by atoms with E-state index in [4.69, 9.17) is 5.73 Å². The molecule has 2 amide bonds. The highest BCUT2D eigenvalue weighted by Gasteiger charge is 2.18. The predicted octanol–water partition coefficient (Wildman–Crippen LogP) is 0.976. The fourth-order valence-corrected chi connectivity index (χ4v) is 1.67. The molecule has 0 aliphatic rings. The Bertz CT molecular complexity index is 444. The number of hydrogen-bond acceptors (Lipinski definition) is 3. The minimum Gasteiger partial charge on any atom is -0.508 e. The Hall–Kier alpha value is -2.04. The number of primary amides is 1. The largest absolute Gasteiger partial charge is 0.508 e. The predicted molar refractivity (Wildman–Crippen MR) is 68.0 cm³/mol. The van der Waals surface area contributed by atoms with Crippen molar-refractivity contribution in [2.24, 2.45) is 11.7 Å². The quantitative estimate of drug-likeness (QED) is 0.817. The maximum atomic E-state index is 12.2. The number of carbonyl (C=O) groups excluding carboxylic acids is 2. The van der Waals surface area contributed by atoms with Crippen molar-refractivity contribution in [2.45, 2.75) is 13.8 Å². The van der Waals surface area contributed by atoms with E-state index in [1.54, 1.807) is 12.1 Å². The molecule has 0 aliphatic carbocycles. The second kappa shape index (κ2) is 6.05. The van der Waals surface area contributed by atoms with E-state index in [0.717, 1.165) is 0 Å². The van der Waals surface area contributed by atoms with Crippen LogP contribution in [0.1, 0.15) is 24.2 Å². The molecule has 0 bridgehead atoms. The van der Waals surface area contributed by atoms with Crippen LogP contribution in [0.4, 0.5) is 0 Å². The van der Waals surface area contributed by atoms with E-state index in [2.05, 4.69) is 0 Å². The summed E-state index contributed by atoms with van der Waals surface area (Å²) in [4.78, 5) is 24.5.